The summed E-state index contributed by atoms with van der Waals surface area (Å²) in [5.74, 6) is 0.161. The van der Waals surface area contributed by atoms with Crippen LogP contribution in [0.25, 0.3) is 0 Å². The number of carboxylic acid groups (broad SMARTS) is 1. The minimum atomic E-state index is -0.857. The maximum Gasteiger partial charge on any atom is 0.407 e. The zero-order valence-corrected chi connectivity index (χ0v) is 10.5. The predicted octanol–water partition coefficient (Wildman–Crippen LogP) is 1.12. The number of hydrogen-bond acceptors (Lipinski definition) is 2. The van der Waals surface area contributed by atoms with Crippen LogP contribution in [-0.2, 0) is 4.79 Å². The van der Waals surface area contributed by atoms with Crippen LogP contribution < -0.4 is 0 Å². The summed E-state index contributed by atoms with van der Waals surface area (Å²) >= 11 is 3.35. The number of piperidine rings is 1. The molecule has 0 saturated carbocycles. The molecule has 2 aliphatic rings. The molecule has 2 aliphatic heterocycles. The highest BCUT2D eigenvalue weighted by molar-refractivity contribution is 9.10. The Hall–Kier alpha value is -0.780. The highest BCUT2D eigenvalue weighted by Crippen LogP contribution is 2.25. The minimum Gasteiger partial charge on any atom is -0.465 e. The molecule has 2 fully saturated rings. The lowest BCUT2D eigenvalue weighted by Crippen LogP contribution is -2.47. The number of carbonyl (C=O) groups excluding carboxylic acids is 1. The smallest absolute Gasteiger partial charge is 0.407 e. The molecule has 0 radical (unpaired) electrons. The fraction of sp³-hybridized carbons (Fsp3) is 0.800. The molecule has 2 saturated heterocycles. The standard InChI is InChI=1S/C10H15BrN2O3/c11-8-3-6-13(9(8)14)7-1-4-12(5-2-7)10(15)16/h7-8H,1-6H2,(H,15,16). The molecule has 16 heavy (non-hydrogen) atoms. The molecule has 0 aromatic rings. The summed E-state index contributed by atoms with van der Waals surface area (Å²) in [6, 6.07) is 0.227. The van der Waals surface area contributed by atoms with Gasteiger partial charge in [0.25, 0.3) is 0 Å². The van der Waals surface area contributed by atoms with E-state index in [-0.39, 0.29) is 16.8 Å². The molecule has 90 valence electrons. The highest BCUT2D eigenvalue weighted by Gasteiger charge is 2.36. The number of alkyl halides is 1. The van der Waals surface area contributed by atoms with Crippen molar-refractivity contribution >= 4 is 27.9 Å². The SMILES string of the molecule is O=C(O)N1CCC(N2CCC(Br)C2=O)CC1. The van der Waals surface area contributed by atoms with Crippen LogP contribution in [0.5, 0.6) is 0 Å². The van der Waals surface area contributed by atoms with Crippen molar-refractivity contribution in [1.29, 1.82) is 0 Å². The second-order valence-corrected chi connectivity index (χ2v) is 5.39. The lowest BCUT2D eigenvalue weighted by molar-refractivity contribution is -0.129. The van der Waals surface area contributed by atoms with Gasteiger partial charge in [-0.1, -0.05) is 15.9 Å². The fourth-order valence-electron chi connectivity index (χ4n) is 2.40. The van der Waals surface area contributed by atoms with Gasteiger partial charge in [0.15, 0.2) is 0 Å². The molecule has 0 aromatic carbocycles. The number of likely N-dealkylation sites (tertiary alicyclic amines) is 2. The zero-order chi connectivity index (χ0) is 11.7. The average molecular weight is 291 g/mol. The number of amides is 2. The molecular formula is C10H15BrN2O3. The van der Waals surface area contributed by atoms with Gasteiger partial charge in [-0.2, -0.15) is 0 Å². The van der Waals surface area contributed by atoms with Crippen molar-refractivity contribution in [1.82, 2.24) is 9.80 Å². The van der Waals surface area contributed by atoms with Crippen molar-refractivity contribution in [2.45, 2.75) is 30.1 Å². The molecule has 2 rings (SSSR count). The minimum absolute atomic E-state index is 0.0370. The Morgan fingerprint density at radius 2 is 1.88 bits per heavy atom. The van der Waals surface area contributed by atoms with Gasteiger partial charge >= 0.3 is 6.09 Å². The summed E-state index contributed by atoms with van der Waals surface area (Å²) in [7, 11) is 0. The van der Waals surface area contributed by atoms with Crippen molar-refractivity contribution in [3.8, 4) is 0 Å². The quantitative estimate of drug-likeness (QED) is 0.737. The van der Waals surface area contributed by atoms with E-state index in [9.17, 15) is 9.59 Å². The van der Waals surface area contributed by atoms with E-state index >= 15 is 0 Å². The van der Waals surface area contributed by atoms with Crippen LogP contribution >= 0.6 is 15.9 Å². The first-order valence-electron chi connectivity index (χ1n) is 5.52. The molecule has 5 nitrogen and oxygen atoms in total. The van der Waals surface area contributed by atoms with Gasteiger partial charge in [0, 0.05) is 25.7 Å². The fourth-order valence-corrected chi connectivity index (χ4v) is 2.87. The third kappa shape index (κ3) is 2.16. The second-order valence-electron chi connectivity index (χ2n) is 4.29. The normalized spacial score (nSPS) is 27.6. The molecule has 0 aliphatic carbocycles. The van der Waals surface area contributed by atoms with E-state index in [4.69, 9.17) is 5.11 Å². The topological polar surface area (TPSA) is 60.9 Å². The van der Waals surface area contributed by atoms with Gasteiger partial charge in [0.05, 0.1) is 4.83 Å². The number of halogens is 1. The summed E-state index contributed by atoms with van der Waals surface area (Å²) in [6.07, 6.45) is 1.53. The van der Waals surface area contributed by atoms with Crippen LogP contribution in [0.4, 0.5) is 4.79 Å². The number of nitrogens with zero attached hydrogens (tertiary/aromatic N) is 2. The Kier molecular flexibility index (Phi) is 3.37. The van der Waals surface area contributed by atoms with Gasteiger partial charge in [-0.3, -0.25) is 4.79 Å². The first-order chi connectivity index (χ1) is 7.59. The zero-order valence-electron chi connectivity index (χ0n) is 8.93. The van der Waals surface area contributed by atoms with Crippen molar-refractivity contribution in [3.63, 3.8) is 0 Å². The lowest BCUT2D eigenvalue weighted by atomic mass is 10.0. The van der Waals surface area contributed by atoms with Crippen LogP contribution in [0, 0.1) is 0 Å². The molecule has 0 aromatic heterocycles. The van der Waals surface area contributed by atoms with Crippen LogP contribution in [0.2, 0.25) is 0 Å². The van der Waals surface area contributed by atoms with Gasteiger partial charge in [0.1, 0.15) is 0 Å². The molecule has 6 heteroatoms. The second kappa shape index (κ2) is 4.61. The van der Waals surface area contributed by atoms with Crippen LogP contribution in [0.3, 0.4) is 0 Å². The Balaban J connectivity index is 1.90. The van der Waals surface area contributed by atoms with Crippen molar-refractivity contribution in [2.75, 3.05) is 19.6 Å². The van der Waals surface area contributed by atoms with Crippen LogP contribution in [0.15, 0.2) is 0 Å². The van der Waals surface area contributed by atoms with Crippen LogP contribution in [-0.4, -0.2) is 57.4 Å². The number of rotatable bonds is 1. The lowest BCUT2D eigenvalue weighted by Gasteiger charge is -2.35. The van der Waals surface area contributed by atoms with E-state index in [0.29, 0.717) is 13.1 Å². The molecule has 0 bridgehead atoms. The largest absolute Gasteiger partial charge is 0.465 e. The van der Waals surface area contributed by atoms with E-state index in [0.717, 1.165) is 25.8 Å². The number of hydrogen-bond donors (Lipinski definition) is 1. The van der Waals surface area contributed by atoms with E-state index in [1.807, 2.05) is 4.90 Å². The predicted molar refractivity (Wildman–Crippen MR) is 61.7 cm³/mol. The van der Waals surface area contributed by atoms with Crippen LogP contribution in [0.1, 0.15) is 19.3 Å². The molecule has 1 atom stereocenters. The summed E-state index contributed by atoms with van der Waals surface area (Å²) < 4.78 is 0. The Bertz CT molecular complexity index is 302. The summed E-state index contributed by atoms with van der Waals surface area (Å²) in [4.78, 5) is 25.8. The highest BCUT2D eigenvalue weighted by atomic mass is 79.9. The van der Waals surface area contributed by atoms with Gasteiger partial charge in [-0.25, -0.2) is 4.79 Å². The van der Waals surface area contributed by atoms with Gasteiger partial charge in [-0.05, 0) is 19.3 Å². The molecule has 1 N–H and O–H groups in total. The molecule has 2 heterocycles. The Labute approximate surface area is 103 Å². The van der Waals surface area contributed by atoms with Gasteiger partial charge in [0.2, 0.25) is 5.91 Å². The van der Waals surface area contributed by atoms with E-state index in [1.165, 1.54) is 4.90 Å². The molecule has 2 amide bonds. The Morgan fingerprint density at radius 1 is 1.25 bits per heavy atom. The van der Waals surface area contributed by atoms with Gasteiger partial charge in [-0.15, -0.1) is 0 Å². The first kappa shape index (κ1) is 11.7. The first-order valence-corrected chi connectivity index (χ1v) is 6.43. The van der Waals surface area contributed by atoms with E-state index in [2.05, 4.69) is 15.9 Å². The summed E-state index contributed by atoms with van der Waals surface area (Å²) in [5.41, 5.74) is 0. The molecule has 1 unspecified atom stereocenters. The van der Waals surface area contributed by atoms with Crippen molar-refractivity contribution in [3.05, 3.63) is 0 Å². The number of carbonyl (C=O) groups is 2. The van der Waals surface area contributed by atoms with Crippen molar-refractivity contribution < 1.29 is 14.7 Å². The third-order valence-corrected chi connectivity index (χ3v) is 4.20. The molecule has 0 spiro atoms. The van der Waals surface area contributed by atoms with Crippen molar-refractivity contribution in [2.24, 2.45) is 0 Å². The maximum atomic E-state index is 11.8. The average Bonchev–Trinajstić information content (AvgIpc) is 2.60. The van der Waals surface area contributed by atoms with E-state index < -0.39 is 6.09 Å². The molecular weight excluding hydrogens is 276 g/mol. The van der Waals surface area contributed by atoms with Gasteiger partial charge < -0.3 is 14.9 Å². The maximum absolute atomic E-state index is 11.8. The summed E-state index contributed by atoms with van der Waals surface area (Å²) in [5, 5.41) is 8.82. The monoisotopic (exact) mass is 290 g/mol. The third-order valence-electron chi connectivity index (χ3n) is 3.35. The van der Waals surface area contributed by atoms with E-state index in [1.54, 1.807) is 0 Å². The summed E-state index contributed by atoms with van der Waals surface area (Å²) in [6.45, 7) is 1.87. The Morgan fingerprint density at radius 3 is 2.31 bits per heavy atom.